The van der Waals surface area contributed by atoms with Gasteiger partial charge in [0.25, 0.3) is 0 Å². The molecule has 0 radical (unpaired) electrons. The van der Waals surface area contributed by atoms with Crippen LogP contribution in [0.3, 0.4) is 0 Å². The number of thiazole rings is 1. The molecule has 1 N–H and O–H groups in total. The van der Waals surface area contributed by atoms with E-state index in [4.69, 9.17) is 4.98 Å². The molecule has 6 nitrogen and oxygen atoms in total. The molecule has 0 atom stereocenters. The van der Waals surface area contributed by atoms with Crippen molar-refractivity contribution in [3.8, 4) is 0 Å². The van der Waals surface area contributed by atoms with Crippen molar-refractivity contribution >= 4 is 11.3 Å². The fourth-order valence-electron chi connectivity index (χ4n) is 3.75. The summed E-state index contributed by atoms with van der Waals surface area (Å²) in [6.45, 7) is 8.38. The molecular formula is C17H26N6S. The third-order valence-electron chi connectivity index (χ3n) is 5.07. The van der Waals surface area contributed by atoms with Crippen LogP contribution in [-0.4, -0.2) is 44.3 Å². The second-order valence-corrected chi connectivity index (χ2v) is 7.78. The Hall–Kier alpha value is -1.31. The number of hydrogen-bond donors (Lipinski definition) is 1. The fraction of sp³-hybridized carbons (Fsp3) is 0.706. The molecule has 0 amide bonds. The zero-order chi connectivity index (χ0) is 16.4. The molecule has 4 rings (SSSR count). The van der Waals surface area contributed by atoms with Gasteiger partial charge in [-0.25, -0.2) is 4.98 Å². The molecule has 7 heteroatoms. The monoisotopic (exact) mass is 346 g/mol. The van der Waals surface area contributed by atoms with Gasteiger partial charge in [-0.05, 0) is 32.4 Å². The topological polar surface area (TPSA) is 58.9 Å². The van der Waals surface area contributed by atoms with E-state index in [9.17, 15) is 0 Å². The second kappa shape index (κ2) is 7.29. The minimum Gasteiger partial charge on any atom is -0.312 e. The molecule has 130 valence electrons. The Balaban J connectivity index is 1.34. The van der Waals surface area contributed by atoms with Crippen LogP contribution in [0, 0.1) is 0 Å². The first-order valence-corrected chi connectivity index (χ1v) is 9.99. The maximum Gasteiger partial charge on any atom is 0.147 e. The highest BCUT2D eigenvalue weighted by Crippen LogP contribution is 2.28. The van der Waals surface area contributed by atoms with Crippen LogP contribution >= 0.6 is 11.3 Å². The lowest BCUT2D eigenvalue weighted by Gasteiger charge is -2.31. The zero-order valence-electron chi connectivity index (χ0n) is 14.4. The summed E-state index contributed by atoms with van der Waals surface area (Å²) in [5.74, 6) is 2.88. The van der Waals surface area contributed by atoms with Crippen LogP contribution in [0.25, 0.3) is 0 Å². The Kier molecular flexibility index (Phi) is 4.91. The minimum absolute atomic E-state index is 0.563. The van der Waals surface area contributed by atoms with Gasteiger partial charge in [0, 0.05) is 24.4 Å². The van der Waals surface area contributed by atoms with Crippen molar-refractivity contribution in [1.29, 1.82) is 0 Å². The normalized spacial score (nSPS) is 19.5. The number of likely N-dealkylation sites (tertiary alicyclic amines) is 1. The number of fused-ring (bicyclic) bond motifs is 1. The first-order chi connectivity index (χ1) is 11.8. The second-order valence-electron chi connectivity index (χ2n) is 6.84. The first kappa shape index (κ1) is 16.2. The van der Waals surface area contributed by atoms with Gasteiger partial charge in [0.05, 0.1) is 18.8 Å². The molecule has 2 aliphatic rings. The number of nitrogens with zero attached hydrogens (tertiary/aromatic N) is 5. The zero-order valence-corrected chi connectivity index (χ0v) is 15.2. The average molecular weight is 347 g/mol. The summed E-state index contributed by atoms with van der Waals surface area (Å²) in [6.07, 6.45) is 4.63. The molecule has 2 aromatic heterocycles. The van der Waals surface area contributed by atoms with Crippen molar-refractivity contribution in [2.75, 3.05) is 19.6 Å². The first-order valence-electron chi connectivity index (χ1n) is 9.12. The standard InChI is InChI=1S/C17H26N6S/c1-2-3-14-12-24-16(19-14)11-22-7-4-13(5-8-22)17-21-20-15-10-18-6-9-23(15)17/h12-13,18H,2-11H2,1H3. The highest BCUT2D eigenvalue weighted by Gasteiger charge is 2.27. The van der Waals surface area contributed by atoms with E-state index in [0.717, 1.165) is 51.5 Å². The number of nitrogens with one attached hydrogen (secondary N) is 1. The Morgan fingerprint density at radius 1 is 1.25 bits per heavy atom. The summed E-state index contributed by atoms with van der Waals surface area (Å²) in [5, 5.41) is 15.7. The van der Waals surface area contributed by atoms with Crippen molar-refractivity contribution in [3.05, 3.63) is 27.7 Å². The van der Waals surface area contributed by atoms with Gasteiger partial charge in [0.2, 0.25) is 0 Å². The molecule has 0 spiro atoms. The van der Waals surface area contributed by atoms with Crippen LogP contribution in [0.5, 0.6) is 0 Å². The molecule has 0 unspecified atom stereocenters. The number of hydrogen-bond acceptors (Lipinski definition) is 6. The predicted molar refractivity (Wildman–Crippen MR) is 95.1 cm³/mol. The smallest absolute Gasteiger partial charge is 0.147 e. The number of piperidine rings is 1. The number of aromatic nitrogens is 4. The van der Waals surface area contributed by atoms with Crippen LogP contribution in [0.4, 0.5) is 0 Å². The van der Waals surface area contributed by atoms with Crippen molar-refractivity contribution < 1.29 is 0 Å². The number of rotatable bonds is 5. The van der Waals surface area contributed by atoms with E-state index < -0.39 is 0 Å². The number of aryl methyl sites for hydroxylation is 1. The Morgan fingerprint density at radius 2 is 2.12 bits per heavy atom. The van der Waals surface area contributed by atoms with Crippen molar-refractivity contribution in [2.45, 2.75) is 58.2 Å². The minimum atomic E-state index is 0.563. The van der Waals surface area contributed by atoms with E-state index in [1.165, 1.54) is 35.8 Å². The molecular weight excluding hydrogens is 320 g/mol. The van der Waals surface area contributed by atoms with E-state index in [-0.39, 0.29) is 0 Å². The summed E-state index contributed by atoms with van der Waals surface area (Å²) >= 11 is 1.81. The highest BCUT2D eigenvalue weighted by atomic mass is 32.1. The third kappa shape index (κ3) is 3.38. The molecule has 24 heavy (non-hydrogen) atoms. The van der Waals surface area contributed by atoms with Gasteiger partial charge in [0.15, 0.2) is 0 Å². The van der Waals surface area contributed by atoms with Crippen molar-refractivity contribution in [3.63, 3.8) is 0 Å². The molecule has 0 aromatic carbocycles. The molecule has 0 saturated carbocycles. The molecule has 4 heterocycles. The SMILES string of the molecule is CCCc1csc(CN2CCC(c3nnc4n3CCNC4)CC2)n1. The quantitative estimate of drug-likeness (QED) is 0.899. The van der Waals surface area contributed by atoms with Crippen molar-refractivity contribution in [2.24, 2.45) is 0 Å². The predicted octanol–water partition coefficient (Wildman–Crippen LogP) is 2.17. The lowest BCUT2D eigenvalue weighted by Crippen LogP contribution is -2.34. The van der Waals surface area contributed by atoms with Crippen molar-refractivity contribution in [1.82, 2.24) is 30.0 Å². The largest absolute Gasteiger partial charge is 0.312 e. The van der Waals surface area contributed by atoms with Crippen LogP contribution in [0.1, 0.15) is 54.5 Å². The molecule has 2 aromatic rings. The fourth-order valence-corrected chi connectivity index (χ4v) is 4.62. The van der Waals surface area contributed by atoms with Gasteiger partial charge in [0.1, 0.15) is 16.7 Å². The summed E-state index contributed by atoms with van der Waals surface area (Å²) < 4.78 is 2.34. The van der Waals surface area contributed by atoms with Gasteiger partial charge < -0.3 is 9.88 Å². The average Bonchev–Trinajstić information content (AvgIpc) is 3.23. The third-order valence-corrected chi connectivity index (χ3v) is 5.95. The van der Waals surface area contributed by atoms with Crippen LogP contribution in [0.2, 0.25) is 0 Å². The van der Waals surface area contributed by atoms with Crippen LogP contribution in [-0.2, 0) is 26.1 Å². The Bertz CT molecular complexity index is 670. The summed E-state index contributed by atoms with van der Waals surface area (Å²) in [4.78, 5) is 7.31. The molecule has 0 aliphatic carbocycles. The molecule has 0 bridgehead atoms. The van der Waals surface area contributed by atoms with Gasteiger partial charge >= 0.3 is 0 Å². The van der Waals surface area contributed by atoms with Gasteiger partial charge in [-0.15, -0.1) is 21.5 Å². The van der Waals surface area contributed by atoms with E-state index >= 15 is 0 Å². The Morgan fingerprint density at radius 3 is 2.96 bits per heavy atom. The Labute approximate surface area is 147 Å². The summed E-state index contributed by atoms with van der Waals surface area (Å²) in [5.41, 5.74) is 1.26. The van der Waals surface area contributed by atoms with Crippen LogP contribution in [0.15, 0.2) is 5.38 Å². The summed E-state index contributed by atoms with van der Waals surface area (Å²) in [6, 6.07) is 0. The molecule has 2 aliphatic heterocycles. The summed E-state index contributed by atoms with van der Waals surface area (Å²) in [7, 11) is 0. The highest BCUT2D eigenvalue weighted by molar-refractivity contribution is 7.09. The maximum absolute atomic E-state index is 4.76. The van der Waals surface area contributed by atoms with E-state index in [1.807, 2.05) is 11.3 Å². The maximum atomic E-state index is 4.76. The van der Waals surface area contributed by atoms with E-state index in [0.29, 0.717) is 5.92 Å². The molecule has 1 saturated heterocycles. The van der Waals surface area contributed by atoms with E-state index in [2.05, 4.69) is 37.3 Å². The lowest BCUT2D eigenvalue weighted by atomic mass is 9.96. The van der Waals surface area contributed by atoms with Gasteiger partial charge in [-0.3, -0.25) is 4.90 Å². The van der Waals surface area contributed by atoms with Gasteiger partial charge in [-0.1, -0.05) is 13.3 Å². The lowest BCUT2D eigenvalue weighted by molar-refractivity contribution is 0.199. The van der Waals surface area contributed by atoms with Crippen LogP contribution < -0.4 is 5.32 Å². The molecule has 1 fully saturated rings. The van der Waals surface area contributed by atoms with Gasteiger partial charge in [-0.2, -0.15) is 0 Å². The van der Waals surface area contributed by atoms with E-state index in [1.54, 1.807) is 0 Å².